The molecule has 0 aromatic heterocycles. The van der Waals surface area contributed by atoms with Crippen molar-refractivity contribution in [3.8, 4) is 0 Å². The van der Waals surface area contributed by atoms with Crippen LogP contribution >= 0.6 is 11.6 Å². The van der Waals surface area contributed by atoms with Crippen molar-refractivity contribution in [3.63, 3.8) is 0 Å². The molecule has 0 saturated carbocycles. The molecule has 0 aliphatic carbocycles. The van der Waals surface area contributed by atoms with Gasteiger partial charge in [0, 0.05) is 0 Å². The van der Waals surface area contributed by atoms with E-state index in [1.807, 2.05) is 13.8 Å². The minimum atomic E-state index is -3.94. The summed E-state index contributed by atoms with van der Waals surface area (Å²) in [6, 6.07) is 8.04. The van der Waals surface area contributed by atoms with Crippen LogP contribution in [0.1, 0.15) is 48.0 Å². The molecular formula is C20H30ClNO3S. The Morgan fingerprint density at radius 2 is 1.65 bits per heavy atom. The van der Waals surface area contributed by atoms with Crippen LogP contribution < -0.4 is 4.72 Å². The van der Waals surface area contributed by atoms with E-state index < -0.39 is 20.6 Å². The van der Waals surface area contributed by atoms with Gasteiger partial charge in [0.25, 0.3) is 0 Å². The van der Waals surface area contributed by atoms with Gasteiger partial charge < -0.3 is 5.11 Å². The zero-order chi connectivity index (χ0) is 20.2. The van der Waals surface area contributed by atoms with Gasteiger partial charge in [-0.05, 0) is 56.9 Å². The van der Waals surface area contributed by atoms with E-state index in [2.05, 4.69) is 4.72 Å². The van der Waals surface area contributed by atoms with E-state index in [-0.39, 0.29) is 10.8 Å². The van der Waals surface area contributed by atoms with Crippen molar-refractivity contribution in [3.05, 3.63) is 53.6 Å². The van der Waals surface area contributed by atoms with Crippen molar-refractivity contribution in [2.45, 2.75) is 63.5 Å². The fourth-order valence-corrected chi connectivity index (χ4v) is 5.10. The summed E-state index contributed by atoms with van der Waals surface area (Å²) in [4.78, 5) is -1.55. The van der Waals surface area contributed by atoms with Crippen LogP contribution in [0.2, 0.25) is 0 Å². The number of allylic oxidation sites excluding steroid dienone is 2. The first-order chi connectivity index (χ1) is 12.0. The van der Waals surface area contributed by atoms with Crippen LogP contribution in [-0.2, 0) is 10.0 Å². The smallest absolute Gasteiger partial charge is 0.242 e. The van der Waals surface area contributed by atoms with Gasteiger partial charge in [-0.2, -0.15) is 4.72 Å². The molecule has 0 spiro atoms. The normalized spacial score (nSPS) is 19.5. The van der Waals surface area contributed by atoms with E-state index in [4.69, 9.17) is 11.6 Å². The average molecular weight is 400 g/mol. The highest BCUT2D eigenvalue weighted by molar-refractivity contribution is 7.89. The van der Waals surface area contributed by atoms with Crippen LogP contribution in [0.5, 0.6) is 0 Å². The molecule has 0 saturated heterocycles. The Balaban J connectivity index is 3.66. The summed E-state index contributed by atoms with van der Waals surface area (Å²) < 4.78 is 28.6. The second-order valence-corrected chi connectivity index (χ2v) is 8.87. The molecule has 0 bridgehead atoms. The molecule has 2 N–H and O–H groups in total. The van der Waals surface area contributed by atoms with Crippen LogP contribution in [0.4, 0.5) is 0 Å². The highest BCUT2D eigenvalue weighted by Crippen LogP contribution is 2.45. The van der Waals surface area contributed by atoms with Crippen molar-refractivity contribution in [1.29, 1.82) is 0 Å². The topological polar surface area (TPSA) is 66.4 Å². The molecule has 1 aromatic carbocycles. The van der Waals surface area contributed by atoms with E-state index in [1.54, 1.807) is 58.0 Å². The lowest BCUT2D eigenvalue weighted by Crippen LogP contribution is -2.65. The highest BCUT2D eigenvalue weighted by Gasteiger charge is 2.56. The maximum Gasteiger partial charge on any atom is 0.242 e. The van der Waals surface area contributed by atoms with Crippen LogP contribution in [0.25, 0.3) is 0 Å². The minimum absolute atomic E-state index is 0.104. The Labute approximate surface area is 163 Å². The van der Waals surface area contributed by atoms with Gasteiger partial charge in [-0.3, -0.25) is 0 Å². The summed E-state index contributed by atoms with van der Waals surface area (Å²) in [5, 5.41) is 11.7. The van der Waals surface area contributed by atoms with E-state index >= 15 is 0 Å². The molecule has 1 aromatic rings. The fourth-order valence-electron chi connectivity index (χ4n) is 2.97. The van der Waals surface area contributed by atoms with Gasteiger partial charge in [0.1, 0.15) is 10.6 Å². The molecule has 0 unspecified atom stereocenters. The summed E-state index contributed by atoms with van der Waals surface area (Å²) in [5.41, 5.74) is -0.506. The Bertz CT molecular complexity index is 754. The van der Waals surface area contributed by atoms with E-state index in [0.29, 0.717) is 17.6 Å². The largest absolute Gasteiger partial charge is 0.378 e. The lowest BCUT2D eigenvalue weighted by atomic mass is 9.74. The molecule has 0 radical (unpaired) electrons. The van der Waals surface area contributed by atoms with Crippen LogP contribution in [0.15, 0.2) is 58.5 Å². The Morgan fingerprint density at radius 3 is 2.04 bits per heavy atom. The lowest BCUT2D eigenvalue weighted by Gasteiger charge is -2.48. The number of benzene rings is 1. The number of nitrogens with one attached hydrogen (secondary N) is 1. The van der Waals surface area contributed by atoms with Crippen LogP contribution in [0.3, 0.4) is 0 Å². The predicted molar refractivity (Wildman–Crippen MR) is 109 cm³/mol. The predicted octanol–water partition coefficient (Wildman–Crippen LogP) is 4.61. The molecule has 0 fully saturated rings. The second-order valence-electron chi connectivity index (χ2n) is 6.59. The van der Waals surface area contributed by atoms with E-state index in [0.717, 1.165) is 0 Å². The standard InChI is InChI=1S/C20H30ClNO3S/c1-7-15(4)19(23,16(5)8-2)20(21,17(6)9-3)22-26(24,25)18-13-11-10-12-14-18/h7-8,10-14,17,22-23H,9H2,1-6H3/b15-7+,16-8+/t17-,20+/m0/s1. The van der Waals surface area contributed by atoms with Crippen molar-refractivity contribution >= 4 is 21.6 Å². The number of alkyl halides is 1. The molecule has 26 heavy (non-hydrogen) atoms. The first kappa shape index (κ1) is 22.9. The summed E-state index contributed by atoms with van der Waals surface area (Å²) in [5.74, 6) is -0.350. The first-order valence-electron chi connectivity index (χ1n) is 8.78. The average Bonchev–Trinajstić information content (AvgIpc) is 2.65. The van der Waals surface area contributed by atoms with Crippen molar-refractivity contribution in [2.75, 3.05) is 0 Å². The van der Waals surface area contributed by atoms with Crippen molar-refractivity contribution in [2.24, 2.45) is 5.92 Å². The summed E-state index contributed by atoms with van der Waals surface area (Å²) in [7, 11) is -3.94. The van der Waals surface area contributed by atoms with Crippen molar-refractivity contribution < 1.29 is 13.5 Å². The number of hydrogen-bond acceptors (Lipinski definition) is 3. The Morgan fingerprint density at radius 1 is 1.19 bits per heavy atom. The summed E-state index contributed by atoms with van der Waals surface area (Å²) in [6.07, 6.45) is 4.09. The minimum Gasteiger partial charge on any atom is -0.378 e. The van der Waals surface area contributed by atoms with Gasteiger partial charge in [0.05, 0.1) is 4.90 Å². The first-order valence-corrected chi connectivity index (χ1v) is 10.6. The maximum absolute atomic E-state index is 13.0. The van der Waals surface area contributed by atoms with Gasteiger partial charge in [0.15, 0.2) is 0 Å². The summed E-state index contributed by atoms with van der Waals surface area (Å²) >= 11 is 6.96. The molecule has 4 nitrogen and oxygen atoms in total. The van der Waals surface area contributed by atoms with E-state index in [9.17, 15) is 13.5 Å². The third-order valence-corrected chi connectivity index (χ3v) is 7.50. The van der Waals surface area contributed by atoms with Crippen LogP contribution in [-0.4, -0.2) is 24.1 Å². The molecule has 6 heteroatoms. The van der Waals surface area contributed by atoms with Gasteiger partial charge in [-0.15, -0.1) is 0 Å². The molecule has 1 rings (SSSR count). The number of sulfonamides is 1. The molecule has 0 aliphatic heterocycles. The fraction of sp³-hybridized carbons (Fsp3) is 0.500. The molecule has 0 aliphatic rings. The van der Waals surface area contributed by atoms with E-state index in [1.165, 1.54) is 12.1 Å². The molecule has 2 atom stereocenters. The quantitative estimate of drug-likeness (QED) is 0.381. The summed E-state index contributed by atoms with van der Waals surface area (Å²) in [6.45, 7) is 10.8. The number of aliphatic hydroxyl groups is 1. The molecule has 0 heterocycles. The molecule has 0 amide bonds. The monoisotopic (exact) mass is 399 g/mol. The van der Waals surface area contributed by atoms with Gasteiger partial charge >= 0.3 is 0 Å². The van der Waals surface area contributed by atoms with Gasteiger partial charge in [-0.25, -0.2) is 8.42 Å². The highest BCUT2D eigenvalue weighted by atomic mass is 35.5. The zero-order valence-corrected chi connectivity index (χ0v) is 17.9. The lowest BCUT2D eigenvalue weighted by molar-refractivity contribution is 0.0361. The number of hydrogen-bond donors (Lipinski definition) is 2. The number of halogens is 1. The third kappa shape index (κ3) is 4.06. The third-order valence-electron chi connectivity index (χ3n) is 5.16. The van der Waals surface area contributed by atoms with Gasteiger partial charge in [-0.1, -0.05) is 62.2 Å². The molecular weight excluding hydrogens is 370 g/mol. The van der Waals surface area contributed by atoms with Gasteiger partial charge in [0.2, 0.25) is 10.0 Å². The SMILES string of the molecule is C/C=C(\C)C(O)(/C(C)=C/C)[C@](Cl)(NS(=O)(=O)c1ccccc1)[C@@H](C)CC. The Kier molecular flexibility index (Phi) is 7.66. The number of rotatable bonds is 8. The van der Waals surface area contributed by atoms with Crippen molar-refractivity contribution in [1.82, 2.24) is 4.72 Å². The Hall–Kier alpha value is -1.14. The van der Waals surface area contributed by atoms with Crippen LogP contribution in [0, 0.1) is 5.92 Å². The maximum atomic E-state index is 13.0. The zero-order valence-electron chi connectivity index (χ0n) is 16.4. The molecule has 146 valence electrons. The second kappa shape index (κ2) is 8.70.